The second-order valence-electron chi connectivity index (χ2n) is 6.09. The fourth-order valence-corrected chi connectivity index (χ4v) is 2.46. The lowest BCUT2D eigenvalue weighted by molar-refractivity contribution is -0.114. The number of phenolic OH excluding ortho intramolecular Hbond substituents is 2. The topological polar surface area (TPSA) is 83.8 Å². The molecule has 138 valence electrons. The van der Waals surface area contributed by atoms with E-state index in [0.29, 0.717) is 0 Å². The molecule has 0 aromatic heterocycles. The van der Waals surface area contributed by atoms with Gasteiger partial charge in [-0.25, -0.2) is 4.79 Å². The van der Waals surface area contributed by atoms with Crippen molar-refractivity contribution in [2.75, 3.05) is 6.61 Å². The van der Waals surface area contributed by atoms with Gasteiger partial charge in [0, 0.05) is 12.5 Å². The molecule has 1 aromatic carbocycles. The summed E-state index contributed by atoms with van der Waals surface area (Å²) in [7, 11) is 0. The number of carbonyl (C=O) groups excluding carboxylic acids is 2. The number of ketones is 1. The molecule has 25 heavy (non-hydrogen) atoms. The van der Waals surface area contributed by atoms with Crippen LogP contribution in [0.2, 0.25) is 0 Å². The van der Waals surface area contributed by atoms with Crippen molar-refractivity contribution in [1.82, 2.24) is 0 Å². The maximum absolute atomic E-state index is 12.1. The summed E-state index contributed by atoms with van der Waals surface area (Å²) in [5.41, 5.74) is 0.228. The number of rotatable bonds is 0. The Hall–Kier alpha value is -2.30. The summed E-state index contributed by atoms with van der Waals surface area (Å²) in [6.07, 6.45) is 9.07. The van der Waals surface area contributed by atoms with Gasteiger partial charge in [-0.3, -0.25) is 4.79 Å². The third-order valence-electron chi connectivity index (χ3n) is 3.55. The van der Waals surface area contributed by atoms with Crippen molar-refractivity contribution in [3.05, 3.63) is 35.4 Å². The smallest absolute Gasteiger partial charge is 0.342 e. The van der Waals surface area contributed by atoms with Crippen molar-refractivity contribution in [2.45, 2.75) is 58.8 Å². The zero-order valence-electron chi connectivity index (χ0n) is 15.1. The van der Waals surface area contributed by atoms with E-state index in [1.54, 1.807) is 0 Å². The van der Waals surface area contributed by atoms with Crippen molar-refractivity contribution in [3.8, 4) is 11.5 Å². The Morgan fingerprint density at radius 3 is 2.44 bits per heavy atom. The highest BCUT2D eigenvalue weighted by Gasteiger charge is 2.20. The van der Waals surface area contributed by atoms with Gasteiger partial charge in [-0.15, -0.1) is 0 Å². The Labute approximate surface area is 149 Å². The summed E-state index contributed by atoms with van der Waals surface area (Å²) < 4.78 is 5.16. The number of carbonyl (C=O) groups is 2. The molecule has 0 bridgehead atoms. The number of fused-ring (bicyclic) bond motifs is 1. The number of hydrogen-bond acceptors (Lipinski definition) is 5. The Morgan fingerprint density at radius 2 is 1.72 bits per heavy atom. The molecule has 0 saturated heterocycles. The predicted octanol–water partition coefficient (Wildman–Crippen LogP) is 4.30. The summed E-state index contributed by atoms with van der Waals surface area (Å²) >= 11 is 0. The first-order valence-electron chi connectivity index (χ1n) is 8.90. The highest BCUT2D eigenvalue weighted by Crippen LogP contribution is 2.28. The van der Waals surface area contributed by atoms with Crippen molar-refractivity contribution in [2.24, 2.45) is 0 Å². The molecule has 0 radical (unpaired) electrons. The van der Waals surface area contributed by atoms with Gasteiger partial charge in [-0.1, -0.05) is 39.2 Å². The van der Waals surface area contributed by atoms with E-state index in [4.69, 9.17) is 4.74 Å². The Balaban J connectivity index is 0.000000970. The molecule has 1 aromatic rings. The lowest BCUT2D eigenvalue weighted by Gasteiger charge is -2.12. The summed E-state index contributed by atoms with van der Waals surface area (Å²) in [5.74, 6) is -1.41. The SMILES string of the molecule is CCC.O=C1/C=C/CCCCCCOC(=O)c2c(O)cc(O)cc2C1. The Kier molecular flexibility index (Phi) is 9.37. The van der Waals surface area contributed by atoms with E-state index in [0.717, 1.165) is 38.2 Å². The fourth-order valence-electron chi connectivity index (χ4n) is 2.46. The average Bonchev–Trinajstić information content (AvgIpc) is 2.52. The van der Waals surface area contributed by atoms with Crippen molar-refractivity contribution < 1.29 is 24.5 Å². The molecule has 2 rings (SSSR count). The van der Waals surface area contributed by atoms with Crippen LogP contribution in [0, 0.1) is 0 Å². The number of benzene rings is 1. The van der Waals surface area contributed by atoms with Gasteiger partial charge >= 0.3 is 5.97 Å². The first-order valence-corrected chi connectivity index (χ1v) is 8.90. The first-order chi connectivity index (χ1) is 12.0. The van der Waals surface area contributed by atoms with E-state index < -0.39 is 5.97 Å². The minimum absolute atomic E-state index is 0.0448. The molecule has 0 atom stereocenters. The van der Waals surface area contributed by atoms with Crippen LogP contribution in [-0.2, 0) is 16.0 Å². The third-order valence-corrected chi connectivity index (χ3v) is 3.55. The molecule has 0 unspecified atom stereocenters. The molecule has 1 aliphatic heterocycles. The molecule has 0 fully saturated rings. The number of hydrogen-bond donors (Lipinski definition) is 2. The second kappa shape index (κ2) is 11.3. The highest BCUT2D eigenvalue weighted by atomic mass is 16.5. The van der Waals surface area contributed by atoms with Crippen LogP contribution in [0.1, 0.15) is 68.3 Å². The molecule has 0 amide bonds. The molecule has 5 nitrogen and oxygen atoms in total. The number of ether oxygens (including phenoxy) is 1. The van der Waals surface area contributed by atoms with Gasteiger partial charge in [0.15, 0.2) is 5.78 Å². The van der Waals surface area contributed by atoms with E-state index in [1.165, 1.54) is 18.6 Å². The van der Waals surface area contributed by atoms with Crippen molar-refractivity contribution >= 4 is 11.8 Å². The van der Waals surface area contributed by atoms with Crippen LogP contribution in [0.5, 0.6) is 11.5 Å². The van der Waals surface area contributed by atoms with Crippen molar-refractivity contribution in [1.29, 1.82) is 0 Å². The fraction of sp³-hybridized carbons (Fsp3) is 0.500. The number of esters is 1. The quantitative estimate of drug-likeness (QED) is 0.683. The van der Waals surface area contributed by atoms with Crippen LogP contribution >= 0.6 is 0 Å². The van der Waals surface area contributed by atoms with Gasteiger partial charge in [-0.05, 0) is 37.0 Å². The monoisotopic (exact) mass is 348 g/mol. The summed E-state index contributed by atoms with van der Waals surface area (Å²) in [6.45, 7) is 4.53. The lowest BCUT2D eigenvalue weighted by atomic mass is 10.00. The number of phenols is 2. The van der Waals surface area contributed by atoms with Crippen LogP contribution in [-0.4, -0.2) is 28.6 Å². The maximum Gasteiger partial charge on any atom is 0.342 e. The maximum atomic E-state index is 12.1. The summed E-state index contributed by atoms with van der Waals surface area (Å²) in [4.78, 5) is 24.1. The van der Waals surface area contributed by atoms with Crippen LogP contribution in [0.3, 0.4) is 0 Å². The lowest BCUT2D eigenvalue weighted by Crippen LogP contribution is -2.12. The minimum Gasteiger partial charge on any atom is -0.508 e. The molecular weight excluding hydrogens is 320 g/mol. The van der Waals surface area contributed by atoms with E-state index in [2.05, 4.69) is 13.8 Å². The van der Waals surface area contributed by atoms with Crippen molar-refractivity contribution in [3.63, 3.8) is 0 Å². The van der Waals surface area contributed by atoms with E-state index >= 15 is 0 Å². The Bertz CT molecular complexity index is 604. The molecule has 5 heteroatoms. The van der Waals surface area contributed by atoms with Crippen LogP contribution in [0.4, 0.5) is 0 Å². The zero-order chi connectivity index (χ0) is 18.7. The van der Waals surface area contributed by atoms with Gasteiger partial charge in [-0.2, -0.15) is 0 Å². The summed E-state index contributed by atoms with van der Waals surface area (Å²) in [5, 5.41) is 19.5. The molecular formula is C20H28O5. The van der Waals surface area contributed by atoms with E-state index in [1.807, 2.05) is 6.08 Å². The third kappa shape index (κ3) is 7.42. The van der Waals surface area contributed by atoms with Gasteiger partial charge in [0.2, 0.25) is 0 Å². The highest BCUT2D eigenvalue weighted by molar-refractivity contribution is 5.98. The molecule has 0 saturated carbocycles. The van der Waals surface area contributed by atoms with Crippen LogP contribution in [0.15, 0.2) is 24.3 Å². The van der Waals surface area contributed by atoms with Crippen LogP contribution in [0.25, 0.3) is 0 Å². The molecule has 0 aliphatic carbocycles. The van der Waals surface area contributed by atoms with Gasteiger partial charge in [0.05, 0.1) is 6.61 Å². The zero-order valence-corrected chi connectivity index (χ0v) is 15.1. The van der Waals surface area contributed by atoms with E-state index in [9.17, 15) is 19.8 Å². The molecule has 2 N–H and O–H groups in total. The Morgan fingerprint density at radius 1 is 1.04 bits per heavy atom. The van der Waals surface area contributed by atoms with E-state index in [-0.39, 0.29) is 41.4 Å². The number of allylic oxidation sites excluding steroid dienone is 2. The minimum atomic E-state index is -0.665. The normalized spacial score (nSPS) is 17.4. The molecule has 1 heterocycles. The standard InChI is InChI=1S/C17H20O5.C3H8/c18-13-7-5-3-1-2-4-6-8-22-17(21)16-12(9-13)10-14(19)11-15(16)20;1-3-2/h5,7,10-11,19-20H,1-4,6,8-9H2;3H2,1-2H3/b7-5+;. The summed E-state index contributed by atoms with van der Waals surface area (Å²) in [6, 6.07) is 2.39. The second-order valence-corrected chi connectivity index (χ2v) is 6.09. The number of cyclic esters (lactones) is 1. The first kappa shape index (κ1) is 20.7. The van der Waals surface area contributed by atoms with Crippen LogP contribution < -0.4 is 0 Å². The average molecular weight is 348 g/mol. The van der Waals surface area contributed by atoms with Gasteiger partial charge < -0.3 is 14.9 Å². The predicted molar refractivity (Wildman–Crippen MR) is 97.0 cm³/mol. The molecule has 0 spiro atoms. The van der Waals surface area contributed by atoms with Gasteiger partial charge in [0.1, 0.15) is 17.1 Å². The molecule has 1 aliphatic rings. The van der Waals surface area contributed by atoms with Gasteiger partial charge in [0.25, 0.3) is 0 Å². The number of aromatic hydroxyl groups is 2. The largest absolute Gasteiger partial charge is 0.508 e.